The third-order valence-corrected chi connectivity index (χ3v) is 8.49. The van der Waals surface area contributed by atoms with Crippen LogP contribution in [-0.4, -0.2) is 63.4 Å². The number of amides is 2. The van der Waals surface area contributed by atoms with Gasteiger partial charge in [0.15, 0.2) is 5.82 Å². The van der Waals surface area contributed by atoms with Crippen LogP contribution in [0.1, 0.15) is 85.9 Å². The predicted octanol–water partition coefficient (Wildman–Crippen LogP) is 4.60. The highest BCUT2D eigenvalue weighted by molar-refractivity contribution is 5.95. The van der Waals surface area contributed by atoms with E-state index in [1.54, 1.807) is 25.1 Å². The first-order valence-electron chi connectivity index (χ1n) is 14.1. The van der Waals surface area contributed by atoms with E-state index in [-0.39, 0.29) is 41.1 Å². The van der Waals surface area contributed by atoms with Gasteiger partial charge in [-0.3, -0.25) is 14.5 Å². The van der Waals surface area contributed by atoms with Crippen molar-refractivity contribution >= 4 is 22.8 Å². The second-order valence-corrected chi connectivity index (χ2v) is 11.4. The molecule has 3 heterocycles. The van der Waals surface area contributed by atoms with Crippen LogP contribution in [0.15, 0.2) is 22.9 Å². The molecular weight excluding hydrogens is 499 g/mol. The standard InChI is InChI=1S/C29H39FN6O3/c1-5-21-20(16-39-34-21)28(37)33-25(18-10-8-17(2)9-11-18)27-31-22-13-12-19(24(30)26(22)32-27)15-36-14-6-7-23(36)29(38)35(3)4/h12-13,16-18,23,25H,5-11,14-15H2,1-4H3,(H,31,32)(H,33,37)/t17-,18-,23-,25+/m1/s1. The van der Waals surface area contributed by atoms with Gasteiger partial charge in [-0.25, -0.2) is 9.37 Å². The maximum atomic E-state index is 15.9. The number of aromatic amines is 1. The average Bonchev–Trinajstić information content (AvgIpc) is 3.68. The number of benzene rings is 1. The van der Waals surface area contributed by atoms with Gasteiger partial charge >= 0.3 is 0 Å². The van der Waals surface area contributed by atoms with Crippen LogP contribution in [0.5, 0.6) is 0 Å². The molecule has 10 heteroatoms. The number of likely N-dealkylation sites (N-methyl/N-ethyl adjacent to an activating group) is 1. The van der Waals surface area contributed by atoms with Crippen molar-refractivity contribution in [2.24, 2.45) is 11.8 Å². The molecule has 2 N–H and O–H groups in total. The van der Waals surface area contributed by atoms with E-state index in [1.165, 1.54) is 6.26 Å². The van der Waals surface area contributed by atoms with Crippen molar-refractivity contribution in [1.29, 1.82) is 0 Å². The van der Waals surface area contributed by atoms with E-state index in [2.05, 4.69) is 27.3 Å². The fraction of sp³-hybridized carbons (Fsp3) is 0.586. The number of likely N-dealkylation sites (tertiary alicyclic amines) is 1. The number of fused-ring (bicyclic) bond motifs is 1. The summed E-state index contributed by atoms with van der Waals surface area (Å²) in [6, 6.07) is 3.00. The molecule has 0 bridgehead atoms. The first-order chi connectivity index (χ1) is 18.8. The monoisotopic (exact) mass is 538 g/mol. The number of carbonyl (C=O) groups excluding carboxylic acids is 2. The Morgan fingerprint density at radius 2 is 2.00 bits per heavy atom. The molecule has 0 unspecified atom stereocenters. The van der Waals surface area contributed by atoms with Crippen LogP contribution in [0.4, 0.5) is 4.39 Å². The molecule has 9 nitrogen and oxygen atoms in total. The van der Waals surface area contributed by atoms with E-state index in [0.29, 0.717) is 47.0 Å². The number of rotatable bonds is 8. The molecule has 2 fully saturated rings. The lowest BCUT2D eigenvalue weighted by Gasteiger charge is -2.32. The third-order valence-electron chi connectivity index (χ3n) is 8.49. The molecule has 1 saturated heterocycles. The number of aryl methyl sites for hydroxylation is 1. The van der Waals surface area contributed by atoms with E-state index in [1.807, 2.05) is 13.0 Å². The molecule has 3 aromatic rings. The van der Waals surface area contributed by atoms with Crippen LogP contribution < -0.4 is 5.32 Å². The zero-order valence-electron chi connectivity index (χ0n) is 23.3. The van der Waals surface area contributed by atoms with Crippen molar-refractivity contribution in [3.05, 3.63) is 46.9 Å². The second-order valence-electron chi connectivity index (χ2n) is 11.4. The van der Waals surface area contributed by atoms with Gasteiger partial charge in [0.05, 0.1) is 23.3 Å². The van der Waals surface area contributed by atoms with Gasteiger partial charge in [-0.1, -0.05) is 37.9 Å². The Bertz CT molecular complexity index is 1330. The van der Waals surface area contributed by atoms with E-state index < -0.39 is 0 Å². The lowest BCUT2D eigenvalue weighted by atomic mass is 9.79. The SMILES string of the molecule is CCc1nocc1C(=O)N[C@H](c1nc2c(F)c(CN3CCC[C@@H]3C(=O)N(C)C)ccc2[nH]1)[C@H]1CC[C@H](C)CC1. The summed E-state index contributed by atoms with van der Waals surface area (Å²) in [5, 5.41) is 7.12. The van der Waals surface area contributed by atoms with Crippen molar-refractivity contribution in [3.63, 3.8) is 0 Å². The molecule has 2 atom stereocenters. The molecule has 1 saturated carbocycles. The Labute approximate surface area is 228 Å². The summed E-state index contributed by atoms with van der Waals surface area (Å²) >= 11 is 0. The van der Waals surface area contributed by atoms with Crippen LogP contribution >= 0.6 is 0 Å². The number of aromatic nitrogens is 3. The van der Waals surface area contributed by atoms with Crippen molar-refractivity contribution in [1.82, 2.24) is 30.2 Å². The number of nitrogens with one attached hydrogen (secondary N) is 2. The number of H-pyrrole nitrogens is 1. The molecular formula is C29H39FN6O3. The van der Waals surface area contributed by atoms with E-state index in [4.69, 9.17) is 9.51 Å². The molecule has 2 amide bonds. The van der Waals surface area contributed by atoms with E-state index in [9.17, 15) is 9.59 Å². The van der Waals surface area contributed by atoms with Gasteiger partial charge in [0, 0.05) is 26.2 Å². The summed E-state index contributed by atoms with van der Waals surface area (Å²) in [7, 11) is 3.51. The quantitative estimate of drug-likeness (QED) is 0.434. The largest absolute Gasteiger partial charge is 0.364 e. The Kier molecular flexibility index (Phi) is 8.02. The molecule has 0 spiro atoms. The number of nitrogens with zero attached hydrogens (tertiary/aromatic N) is 4. The molecule has 1 aromatic carbocycles. The molecule has 1 aliphatic carbocycles. The fourth-order valence-corrected chi connectivity index (χ4v) is 6.13. The van der Waals surface area contributed by atoms with Gasteiger partial charge < -0.3 is 19.7 Å². The van der Waals surface area contributed by atoms with Crippen molar-refractivity contribution in [2.45, 2.75) is 77.4 Å². The zero-order valence-corrected chi connectivity index (χ0v) is 23.3. The van der Waals surface area contributed by atoms with Gasteiger partial charge in [0.2, 0.25) is 5.91 Å². The molecule has 0 radical (unpaired) electrons. The molecule has 2 aromatic heterocycles. The van der Waals surface area contributed by atoms with Gasteiger partial charge in [-0.05, 0) is 56.6 Å². The fourth-order valence-electron chi connectivity index (χ4n) is 6.13. The van der Waals surface area contributed by atoms with Crippen molar-refractivity contribution in [3.8, 4) is 0 Å². The maximum Gasteiger partial charge on any atom is 0.257 e. The van der Waals surface area contributed by atoms with Crippen LogP contribution in [0, 0.1) is 17.7 Å². The second kappa shape index (κ2) is 11.5. The van der Waals surface area contributed by atoms with Gasteiger partial charge in [-0.15, -0.1) is 0 Å². The van der Waals surface area contributed by atoms with Gasteiger partial charge in [-0.2, -0.15) is 0 Å². The summed E-state index contributed by atoms with van der Waals surface area (Å²) in [4.78, 5) is 37.6. The highest BCUT2D eigenvalue weighted by atomic mass is 19.1. The zero-order chi connectivity index (χ0) is 27.7. The van der Waals surface area contributed by atoms with Crippen LogP contribution in [-0.2, 0) is 17.8 Å². The van der Waals surface area contributed by atoms with Crippen LogP contribution in [0.3, 0.4) is 0 Å². The van der Waals surface area contributed by atoms with Crippen LogP contribution in [0.25, 0.3) is 11.0 Å². The molecule has 2 aliphatic rings. The van der Waals surface area contributed by atoms with E-state index >= 15 is 4.39 Å². The van der Waals surface area contributed by atoms with Crippen molar-refractivity contribution < 1.29 is 18.5 Å². The Balaban J connectivity index is 1.43. The molecule has 1 aliphatic heterocycles. The number of halogens is 1. The highest BCUT2D eigenvalue weighted by Crippen LogP contribution is 2.37. The number of carbonyl (C=O) groups is 2. The average molecular weight is 539 g/mol. The normalized spacial score (nSPS) is 22.7. The maximum absolute atomic E-state index is 15.9. The summed E-state index contributed by atoms with van der Waals surface area (Å²) in [6.45, 7) is 5.28. The minimum absolute atomic E-state index is 0.0514. The first kappa shape index (κ1) is 27.3. The molecule has 5 rings (SSSR count). The van der Waals surface area contributed by atoms with E-state index in [0.717, 1.165) is 45.1 Å². The number of hydrogen-bond donors (Lipinski definition) is 2. The Hall–Kier alpha value is -3.27. The first-order valence-corrected chi connectivity index (χ1v) is 14.1. The highest BCUT2D eigenvalue weighted by Gasteiger charge is 2.34. The lowest BCUT2D eigenvalue weighted by molar-refractivity contribution is -0.133. The minimum Gasteiger partial charge on any atom is -0.364 e. The predicted molar refractivity (Wildman–Crippen MR) is 145 cm³/mol. The topological polar surface area (TPSA) is 107 Å². The Morgan fingerprint density at radius 3 is 2.72 bits per heavy atom. The lowest BCUT2D eigenvalue weighted by Crippen LogP contribution is -2.42. The van der Waals surface area contributed by atoms with Gasteiger partial charge in [0.1, 0.15) is 23.2 Å². The summed E-state index contributed by atoms with van der Waals surface area (Å²) in [5.74, 6) is 0.796. The number of imidazole rings is 1. The Morgan fingerprint density at radius 1 is 1.23 bits per heavy atom. The summed E-state index contributed by atoms with van der Waals surface area (Å²) < 4.78 is 20.9. The third kappa shape index (κ3) is 5.57. The summed E-state index contributed by atoms with van der Waals surface area (Å²) in [6.07, 6.45) is 7.72. The molecule has 210 valence electrons. The van der Waals surface area contributed by atoms with Gasteiger partial charge in [0.25, 0.3) is 5.91 Å². The van der Waals surface area contributed by atoms with Crippen LogP contribution in [0.2, 0.25) is 0 Å². The smallest absolute Gasteiger partial charge is 0.257 e. The van der Waals surface area contributed by atoms with Crippen molar-refractivity contribution in [2.75, 3.05) is 20.6 Å². The molecule has 39 heavy (non-hydrogen) atoms. The number of hydrogen-bond acceptors (Lipinski definition) is 6. The summed E-state index contributed by atoms with van der Waals surface area (Å²) in [5.41, 5.74) is 2.40. The minimum atomic E-state index is -0.388.